The molecule has 0 radical (unpaired) electrons. The summed E-state index contributed by atoms with van der Waals surface area (Å²) in [5.74, 6) is 1.88. The first-order chi connectivity index (χ1) is 8.65. The molecular weight excluding hydrogens is 262 g/mol. The van der Waals surface area contributed by atoms with Gasteiger partial charge in [-0.25, -0.2) is 0 Å². The van der Waals surface area contributed by atoms with Gasteiger partial charge in [-0.15, -0.1) is 0 Å². The Morgan fingerprint density at radius 3 is 2.72 bits per heavy atom. The van der Waals surface area contributed by atoms with E-state index in [1.165, 1.54) is 11.1 Å². The fraction of sp³-hybridized carbons (Fsp3) is 0.200. The van der Waals surface area contributed by atoms with Gasteiger partial charge in [-0.1, -0.05) is 41.4 Å². The van der Waals surface area contributed by atoms with Crippen LogP contribution in [0, 0.1) is 6.92 Å². The van der Waals surface area contributed by atoms with Crippen LogP contribution in [0.25, 0.3) is 0 Å². The fourth-order valence-electron chi connectivity index (χ4n) is 1.79. The minimum Gasteiger partial charge on any atom is -0.399 e. The number of thioether (sulfide) groups is 1. The van der Waals surface area contributed by atoms with Gasteiger partial charge in [-0.2, -0.15) is 11.8 Å². The Morgan fingerprint density at radius 2 is 1.94 bits per heavy atom. The Kier molecular flexibility index (Phi) is 4.56. The first-order valence-corrected chi connectivity index (χ1v) is 7.35. The minimum atomic E-state index is 0.769. The molecule has 0 spiro atoms. The number of benzene rings is 2. The van der Waals surface area contributed by atoms with Crippen molar-refractivity contribution in [1.82, 2.24) is 0 Å². The van der Waals surface area contributed by atoms with E-state index < -0.39 is 0 Å². The van der Waals surface area contributed by atoms with Crippen molar-refractivity contribution in [3.63, 3.8) is 0 Å². The molecular formula is C15H16ClNS. The second kappa shape index (κ2) is 6.17. The van der Waals surface area contributed by atoms with Crippen molar-refractivity contribution in [3.8, 4) is 0 Å². The summed E-state index contributed by atoms with van der Waals surface area (Å²) < 4.78 is 0. The summed E-state index contributed by atoms with van der Waals surface area (Å²) in [5, 5.41) is 0.793. The molecule has 3 heteroatoms. The number of hydrogen-bond donors (Lipinski definition) is 1. The van der Waals surface area contributed by atoms with E-state index in [0.717, 1.165) is 27.8 Å². The quantitative estimate of drug-likeness (QED) is 0.822. The van der Waals surface area contributed by atoms with Crippen LogP contribution >= 0.6 is 23.4 Å². The lowest BCUT2D eigenvalue weighted by Gasteiger charge is -2.06. The molecule has 0 fully saturated rings. The maximum Gasteiger partial charge on any atom is 0.0447 e. The molecule has 2 rings (SSSR count). The first-order valence-electron chi connectivity index (χ1n) is 5.82. The third kappa shape index (κ3) is 3.69. The molecule has 0 unspecified atom stereocenters. The second-order valence-electron chi connectivity index (χ2n) is 4.33. The maximum absolute atomic E-state index is 6.13. The van der Waals surface area contributed by atoms with Gasteiger partial charge in [0.05, 0.1) is 0 Å². The summed E-state index contributed by atoms with van der Waals surface area (Å²) >= 11 is 7.99. The van der Waals surface area contributed by atoms with E-state index in [1.807, 2.05) is 30.0 Å². The molecule has 94 valence electrons. The average molecular weight is 278 g/mol. The highest BCUT2D eigenvalue weighted by atomic mass is 35.5. The summed E-state index contributed by atoms with van der Waals surface area (Å²) in [6, 6.07) is 14.2. The highest BCUT2D eigenvalue weighted by Crippen LogP contribution is 2.25. The van der Waals surface area contributed by atoms with Crippen LogP contribution in [0.5, 0.6) is 0 Å². The van der Waals surface area contributed by atoms with E-state index in [-0.39, 0.29) is 0 Å². The summed E-state index contributed by atoms with van der Waals surface area (Å²) in [7, 11) is 0. The number of hydrogen-bond acceptors (Lipinski definition) is 2. The van der Waals surface area contributed by atoms with Crippen LogP contribution in [-0.2, 0) is 11.5 Å². The summed E-state index contributed by atoms with van der Waals surface area (Å²) in [6.07, 6.45) is 0. The molecule has 0 saturated heterocycles. The smallest absolute Gasteiger partial charge is 0.0447 e. The zero-order valence-electron chi connectivity index (χ0n) is 10.3. The topological polar surface area (TPSA) is 26.0 Å². The molecule has 2 N–H and O–H groups in total. The number of rotatable bonds is 4. The number of halogens is 1. The van der Waals surface area contributed by atoms with Gasteiger partial charge in [0, 0.05) is 22.2 Å². The Labute approximate surface area is 117 Å². The van der Waals surface area contributed by atoms with Crippen LogP contribution in [0.15, 0.2) is 42.5 Å². The summed E-state index contributed by atoms with van der Waals surface area (Å²) in [4.78, 5) is 0. The van der Waals surface area contributed by atoms with E-state index in [1.54, 1.807) is 0 Å². The van der Waals surface area contributed by atoms with E-state index in [0.29, 0.717) is 0 Å². The Morgan fingerprint density at radius 1 is 1.11 bits per heavy atom. The minimum absolute atomic E-state index is 0.769. The van der Waals surface area contributed by atoms with Crippen LogP contribution in [0.4, 0.5) is 5.69 Å². The van der Waals surface area contributed by atoms with Gasteiger partial charge in [-0.3, -0.25) is 0 Å². The zero-order chi connectivity index (χ0) is 13.0. The lowest BCUT2D eigenvalue weighted by atomic mass is 10.2. The lowest BCUT2D eigenvalue weighted by molar-refractivity contribution is 1.33. The molecule has 0 aromatic heterocycles. The third-order valence-corrected chi connectivity index (χ3v) is 4.10. The Bertz CT molecular complexity index is 540. The van der Waals surface area contributed by atoms with E-state index in [2.05, 4.69) is 31.2 Å². The number of anilines is 1. The lowest BCUT2D eigenvalue weighted by Crippen LogP contribution is -1.89. The number of aryl methyl sites for hydroxylation is 1. The van der Waals surface area contributed by atoms with Crippen molar-refractivity contribution in [2.45, 2.75) is 18.4 Å². The summed E-state index contributed by atoms with van der Waals surface area (Å²) in [5.41, 5.74) is 10.3. The van der Waals surface area contributed by atoms with Gasteiger partial charge >= 0.3 is 0 Å². The molecule has 0 heterocycles. The molecule has 2 aromatic rings. The first kappa shape index (κ1) is 13.3. The fourth-order valence-corrected chi connectivity index (χ4v) is 3.03. The van der Waals surface area contributed by atoms with Crippen LogP contribution < -0.4 is 5.73 Å². The largest absolute Gasteiger partial charge is 0.399 e. The number of nitrogens with two attached hydrogens (primary N) is 1. The Balaban J connectivity index is 1.94. The van der Waals surface area contributed by atoms with Gasteiger partial charge in [0.25, 0.3) is 0 Å². The normalized spacial score (nSPS) is 10.6. The van der Waals surface area contributed by atoms with Crippen LogP contribution in [0.2, 0.25) is 5.02 Å². The molecule has 0 aliphatic carbocycles. The van der Waals surface area contributed by atoms with Crippen LogP contribution in [0.1, 0.15) is 16.7 Å². The van der Waals surface area contributed by atoms with Crippen molar-refractivity contribution in [1.29, 1.82) is 0 Å². The monoisotopic (exact) mass is 277 g/mol. The molecule has 0 bridgehead atoms. The van der Waals surface area contributed by atoms with Crippen molar-refractivity contribution >= 4 is 29.1 Å². The molecule has 0 amide bonds. The molecule has 18 heavy (non-hydrogen) atoms. The molecule has 1 nitrogen and oxygen atoms in total. The average Bonchev–Trinajstić information content (AvgIpc) is 2.34. The predicted molar refractivity (Wildman–Crippen MR) is 82.0 cm³/mol. The molecule has 0 atom stereocenters. The maximum atomic E-state index is 6.13. The predicted octanol–water partition coefficient (Wildman–Crippen LogP) is 4.66. The summed E-state index contributed by atoms with van der Waals surface area (Å²) in [6.45, 7) is 2.11. The van der Waals surface area contributed by atoms with Gasteiger partial charge < -0.3 is 5.73 Å². The van der Waals surface area contributed by atoms with Crippen molar-refractivity contribution in [3.05, 3.63) is 64.2 Å². The van der Waals surface area contributed by atoms with Gasteiger partial charge in [0.1, 0.15) is 0 Å². The molecule has 2 aromatic carbocycles. The number of nitrogen functional groups attached to an aromatic ring is 1. The van der Waals surface area contributed by atoms with E-state index in [9.17, 15) is 0 Å². The second-order valence-corrected chi connectivity index (χ2v) is 5.73. The van der Waals surface area contributed by atoms with E-state index in [4.69, 9.17) is 17.3 Å². The van der Waals surface area contributed by atoms with Crippen molar-refractivity contribution < 1.29 is 0 Å². The standard InChI is InChI=1S/C15H16ClNS/c1-11-3-2-4-12(7-11)9-18-10-13-8-14(17)5-6-15(13)16/h2-8H,9-10,17H2,1H3. The van der Waals surface area contributed by atoms with Gasteiger partial charge in [-0.05, 0) is 36.2 Å². The molecule has 0 aliphatic rings. The van der Waals surface area contributed by atoms with Crippen molar-refractivity contribution in [2.75, 3.05) is 5.73 Å². The van der Waals surface area contributed by atoms with Gasteiger partial charge in [0.2, 0.25) is 0 Å². The Hall–Kier alpha value is -1.12. The SMILES string of the molecule is Cc1cccc(CSCc2cc(N)ccc2Cl)c1. The van der Waals surface area contributed by atoms with Crippen molar-refractivity contribution in [2.24, 2.45) is 0 Å². The highest BCUT2D eigenvalue weighted by molar-refractivity contribution is 7.97. The van der Waals surface area contributed by atoms with Crippen LogP contribution in [-0.4, -0.2) is 0 Å². The van der Waals surface area contributed by atoms with Crippen LogP contribution in [0.3, 0.4) is 0 Å². The third-order valence-electron chi connectivity index (χ3n) is 2.68. The van der Waals surface area contributed by atoms with Gasteiger partial charge in [0.15, 0.2) is 0 Å². The zero-order valence-corrected chi connectivity index (χ0v) is 11.9. The molecule has 0 saturated carbocycles. The molecule has 0 aliphatic heterocycles. The highest BCUT2D eigenvalue weighted by Gasteiger charge is 2.02. The van der Waals surface area contributed by atoms with E-state index >= 15 is 0 Å².